The Labute approximate surface area is 97.3 Å². The molecule has 2 saturated carbocycles. The van der Waals surface area contributed by atoms with Crippen molar-refractivity contribution in [3.05, 3.63) is 0 Å². The maximum Gasteiger partial charge on any atom is 0.0972 e. The largest absolute Gasteiger partial charge is 0.361 e. The van der Waals surface area contributed by atoms with Crippen LogP contribution in [0.1, 0.15) is 25.7 Å². The van der Waals surface area contributed by atoms with Gasteiger partial charge in [-0.15, -0.1) is 0 Å². The van der Waals surface area contributed by atoms with Crippen LogP contribution in [-0.2, 0) is 4.74 Å². The molecule has 2 aliphatic carbocycles. The van der Waals surface area contributed by atoms with Gasteiger partial charge >= 0.3 is 0 Å². The summed E-state index contributed by atoms with van der Waals surface area (Å²) in [5.74, 6) is 3.85. The minimum absolute atomic E-state index is 0.528. The van der Waals surface area contributed by atoms with Gasteiger partial charge in [-0.05, 0) is 62.4 Å². The lowest BCUT2D eigenvalue weighted by atomic mass is 9.60. The molecule has 0 aromatic rings. The Kier molecular flexibility index (Phi) is 2.27. The second kappa shape index (κ2) is 3.69. The number of nitrogens with one attached hydrogen (secondary N) is 2. The van der Waals surface area contributed by atoms with Crippen molar-refractivity contribution in [3.63, 3.8) is 0 Å². The number of hydrogen-bond donors (Lipinski definition) is 2. The van der Waals surface area contributed by atoms with Crippen molar-refractivity contribution in [1.29, 1.82) is 0 Å². The summed E-state index contributed by atoms with van der Waals surface area (Å²) in [6.07, 6.45) is 6.18. The zero-order chi connectivity index (χ0) is 10.5. The number of fused-ring (bicyclic) bond motifs is 5. The second-order valence-corrected chi connectivity index (χ2v) is 6.31. The van der Waals surface area contributed by atoms with Crippen LogP contribution < -0.4 is 10.6 Å². The third-order valence-electron chi connectivity index (χ3n) is 5.48. The summed E-state index contributed by atoms with van der Waals surface area (Å²) in [4.78, 5) is 0. The lowest BCUT2D eigenvalue weighted by molar-refractivity contribution is -0.0188. The maximum absolute atomic E-state index is 5.81. The molecular formula is C13H22N2O. The van der Waals surface area contributed by atoms with Gasteiger partial charge in [0, 0.05) is 6.04 Å². The van der Waals surface area contributed by atoms with Crippen molar-refractivity contribution in [2.24, 2.45) is 23.7 Å². The number of piperidine rings is 1. The van der Waals surface area contributed by atoms with E-state index in [9.17, 15) is 0 Å². The molecule has 6 atom stereocenters. The number of rotatable bonds is 0. The summed E-state index contributed by atoms with van der Waals surface area (Å²) < 4.78 is 5.81. The molecule has 4 aliphatic rings. The smallest absolute Gasteiger partial charge is 0.0972 e. The molecule has 0 aromatic carbocycles. The lowest BCUT2D eigenvalue weighted by Gasteiger charge is -2.50. The fraction of sp³-hybridized carbons (Fsp3) is 1.00. The first-order valence-electron chi connectivity index (χ1n) is 6.96. The van der Waals surface area contributed by atoms with Crippen molar-refractivity contribution in [2.75, 3.05) is 19.8 Å². The summed E-state index contributed by atoms with van der Waals surface area (Å²) in [5.41, 5.74) is 0. The van der Waals surface area contributed by atoms with E-state index in [4.69, 9.17) is 4.74 Å². The second-order valence-electron chi connectivity index (χ2n) is 6.31. The molecule has 2 saturated heterocycles. The highest BCUT2D eigenvalue weighted by Crippen LogP contribution is 2.48. The van der Waals surface area contributed by atoms with Crippen LogP contribution in [0.15, 0.2) is 0 Å². The van der Waals surface area contributed by atoms with Crippen LogP contribution in [0.2, 0.25) is 0 Å². The molecule has 90 valence electrons. The van der Waals surface area contributed by atoms with E-state index in [1.807, 2.05) is 0 Å². The summed E-state index contributed by atoms with van der Waals surface area (Å²) >= 11 is 0. The Balaban J connectivity index is 1.56. The van der Waals surface area contributed by atoms with Crippen molar-refractivity contribution >= 4 is 0 Å². The molecule has 0 amide bonds. The van der Waals surface area contributed by atoms with Crippen LogP contribution in [0, 0.1) is 23.7 Å². The van der Waals surface area contributed by atoms with Crippen LogP contribution in [0.25, 0.3) is 0 Å². The van der Waals surface area contributed by atoms with Crippen LogP contribution in [0.3, 0.4) is 0 Å². The maximum atomic E-state index is 5.81. The molecule has 2 N–H and O–H groups in total. The molecule has 6 unspecified atom stereocenters. The summed E-state index contributed by atoms with van der Waals surface area (Å²) in [6.45, 7) is 3.33. The number of ether oxygens (including phenoxy) is 1. The molecule has 0 aromatic heterocycles. The van der Waals surface area contributed by atoms with Crippen LogP contribution in [0.4, 0.5) is 0 Å². The third kappa shape index (κ3) is 1.45. The van der Waals surface area contributed by atoms with E-state index in [1.165, 1.54) is 38.8 Å². The standard InChI is InChI=1S/C13H22N2O/c1-8-2-10(6-14-5-8)11-4-13-12(3-9(1)11)15-7-16-13/h8-15H,1-7H2. The predicted molar refractivity (Wildman–Crippen MR) is 62.0 cm³/mol. The van der Waals surface area contributed by atoms with Gasteiger partial charge in [0.15, 0.2) is 0 Å². The first-order valence-corrected chi connectivity index (χ1v) is 6.96. The zero-order valence-corrected chi connectivity index (χ0v) is 9.82. The average molecular weight is 222 g/mol. The van der Waals surface area contributed by atoms with E-state index < -0.39 is 0 Å². The molecule has 16 heavy (non-hydrogen) atoms. The van der Waals surface area contributed by atoms with Gasteiger partial charge < -0.3 is 10.1 Å². The Bertz CT molecular complexity index is 283. The SMILES string of the molecule is C1NC2CC3CC4CNCC(C4)C3CC2O1. The van der Waals surface area contributed by atoms with E-state index in [0.717, 1.165) is 30.4 Å². The normalized spacial score (nSPS) is 55.5. The molecule has 0 spiro atoms. The molecule has 0 radical (unpaired) electrons. The van der Waals surface area contributed by atoms with Crippen LogP contribution in [-0.4, -0.2) is 32.0 Å². The van der Waals surface area contributed by atoms with E-state index in [1.54, 1.807) is 0 Å². The van der Waals surface area contributed by atoms with Crippen molar-refractivity contribution in [2.45, 2.75) is 37.8 Å². The molecule has 3 heteroatoms. The fourth-order valence-corrected chi connectivity index (χ4v) is 4.79. The molecular weight excluding hydrogens is 200 g/mol. The Morgan fingerprint density at radius 1 is 0.938 bits per heavy atom. The summed E-state index contributed by atoms with van der Waals surface area (Å²) in [6, 6.07) is 0.674. The van der Waals surface area contributed by atoms with Gasteiger partial charge in [0.25, 0.3) is 0 Å². The molecule has 4 rings (SSSR count). The predicted octanol–water partition coefficient (Wildman–Crippen LogP) is 0.956. The minimum Gasteiger partial charge on any atom is -0.361 e. The molecule has 2 heterocycles. The number of hydrogen-bond acceptors (Lipinski definition) is 3. The van der Waals surface area contributed by atoms with E-state index >= 15 is 0 Å². The van der Waals surface area contributed by atoms with E-state index in [0.29, 0.717) is 12.1 Å². The highest BCUT2D eigenvalue weighted by molar-refractivity contribution is 5.00. The van der Waals surface area contributed by atoms with Crippen LogP contribution >= 0.6 is 0 Å². The Morgan fingerprint density at radius 2 is 1.88 bits per heavy atom. The highest BCUT2D eigenvalue weighted by atomic mass is 16.5. The Morgan fingerprint density at radius 3 is 2.88 bits per heavy atom. The third-order valence-corrected chi connectivity index (χ3v) is 5.48. The topological polar surface area (TPSA) is 33.3 Å². The fourth-order valence-electron chi connectivity index (χ4n) is 4.79. The molecule has 2 bridgehead atoms. The van der Waals surface area contributed by atoms with Crippen molar-refractivity contribution < 1.29 is 4.74 Å². The zero-order valence-electron chi connectivity index (χ0n) is 9.82. The lowest BCUT2D eigenvalue weighted by Crippen LogP contribution is -2.52. The molecule has 3 nitrogen and oxygen atoms in total. The summed E-state index contributed by atoms with van der Waals surface area (Å²) in [7, 11) is 0. The molecule has 2 aliphatic heterocycles. The average Bonchev–Trinajstić information content (AvgIpc) is 2.74. The van der Waals surface area contributed by atoms with Gasteiger partial charge in [0.1, 0.15) is 0 Å². The monoisotopic (exact) mass is 222 g/mol. The molecule has 4 fully saturated rings. The first-order chi connectivity index (χ1) is 7.90. The van der Waals surface area contributed by atoms with Gasteiger partial charge in [0.2, 0.25) is 0 Å². The van der Waals surface area contributed by atoms with Gasteiger partial charge in [-0.25, -0.2) is 0 Å². The first kappa shape index (κ1) is 9.86. The van der Waals surface area contributed by atoms with Gasteiger partial charge in [0.05, 0.1) is 12.8 Å². The Hall–Kier alpha value is -0.120. The summed E-state index contributed by atoms with van der Waals surface area (Å²) in [5, 5.41) is 7.14. The van der Waals surface area contributed by atoms with Crippen molar-refractivity contribution in [3.8, 4) is 0 Å². The highest BCUT2D eigenvalue weighted by Gasteiger charge is 2.47. The van der Waals surface area contributed by atoms with E-state index in [-0.39, 0.29) is 0 Å². The minimum atomic E-state index is 0.528. The van der Waals surface area contributed by atoms with Gasteiger partial charge in [-0.1, -0.05) is 0 Å². The van der Waals surface area contributed by atoms with Crippen LogP contribution in [0.5, 0.6) is 0 Å². The van der Waals surface area contributed by atoms with E-state index in [2.05, 4.69) is 10.6 Å². The van der Waals surface area contributed by atoms with Gasteiger partial charge in [-0.2, -0.15) is 0 Å². The quantitative estimate of drug-likeness (QED) is 0.640. The van der Waals surface area contributed by atoms with Gasteiger partial charge in [-0.3, -0.25) is 5.32 Å². The van der Waals surface area contributed by atoms with Crippen molar-refractivity contribution in [1.82, 2.24) is 10.6 Å².